The Morgan fingerprint density at radius 3 is 2.71 bits per heavy atom. The molecule has 1 aliphatic rings. The van der Waals surface area contributed by atoms with Crippen molar-refractivity contribution >= 4 is 0 Å². The fourth-order valence-electron chi connectivity index (χ4n) is 2.75. The highest BCUT2D eigenvalue weighted by Crippen LogP contribution is 2.29. The van der Waals surface area contributed by atoms with Crippen LogP contribution in [-0.2, 0) is 19.4 Å². The van der Waals surface area contributed by atoms with Crippen molar-refractivity contribution in [1.29, 1.82) is 0 Å². The summed E-state index contributed by atoms with van der Waals surface area (Å²) in [6, 6.07) is 10.0. The highest BCUT2D eigenvalue weighted by Gasteiger charge is 2.12. The van der Waals surface area contributed by atoms with Crippen molar-refractivity contribution in [2.45, 2.75) is 45.6 Å². The Labute approximate surface area is 125 Å². The smallest absolute Gasteiger partial charge is 0.219 e. The lowest BCUT2D eigenvalue weighted by atomic mass is 10.1. The van der Waals surface area contributed by atoms with Crippen molar-refractivity contribution in [3.8, 4) is 11.6 Å². The van der Waals surface area contributed by atoms with Gasteiger partial charge in [-0.3, -0.25) is 0 Å². The Balaban J connectivity index is 1.88. The van der Waals surface area contributed by atoms with E-state index in [-0.39, 0.29) is 6.61 Å². The third kappa shape index (κ3) is 3.08. The van der Waals surface area contributed by atoms with Crippen molar-refractivity contribution in [3.05, 3.63) is 52.7 Å². The van der Waals surface area contributed by atoms with E-state index in [0.717, 1.165) is 23.4 Å². The van der Waals surface area contributed by atoms with E-state index in [1.165, 1.54) is 24.0 Å². The number of aromatic nitrogens is 1. The molecule has 0 spiro atoms. The molecule has 0 aliphatic heterocycles. The lowest BCUT2D eigenvalue weighted by Gasteiger charge is -2.12. The van der Waals surface area contributed by atoms with E-state index in [0.29, 0.717) is 11.8 Å². The molecule has 21 heavy (non-hydrogen) atoms. The second kappa shape index (κ2) is 5.86. The van der Waals surface area contributed by atoms with E-state index >= 15 is 0 Å². The van der Waals surface area contributed by atoms with E-state index in [1.54, 1.807) is 6.07 Å². The van der Waals surface area contributed by atoms with Crippen LogP contribution < -0.4 is 4.74 Å². The molecule has 1 N–H and O–H groups in total. The minimum atomic E-state index is 0.00277. The Morgan fingerprint density at radius 1 is 1.14 bits per heavy atom. The van der Waals surface area contributed by atoms with Crippen LogP contribution in [-0.4, -0.2) is 10.1 Å². The first-order valence-corrected chi connectivity index (χ1v) is 7.57. The average molecular weight is 283 g/mol. The van der Waals surface area contributed by atoms with Crippen LogP contribution in [0.4, 0.5) is 0 Å². The van der Waals surface area contributed by atoms with Crippen LogP contribution in [0.25, 0.3) is 0 Å². The molecule has 1 heterocycles. The molecule has 0 atom stereocenters. The molecule has 110 valence electrons. The summed E-state index contributed by atoms with van der Waals surface area (Å²) in [5, 5.41) is 9.38. The molecule has 0 radical (unpaired) electrons. The Kier molecular flexibility index (Phi) is 3.93. The molecule has 0 unspecified atom stereocenters. The fraction of sp³-hybridized carbons (Fsp3) is 0.389. The summed E-state index contributed by atoms with van der Waals surface area (Å²) in [5.74, 6) is 1.69. The van der Waals surface area contributed by atoms with Crippen LogP contribution >= 0.6 is 0 Å². The van der Waals surface area contributed by atoms with Gasteiger partial charge in [-0.1, -0.05) is 19.9 Å². The molecule has 1 aromatic carbocycles. The molecule has 1 aliphatic carbocycles. The number of pyridine rings is 1. The summed E-state index contributed by atoms with van der Waals surface area (Å²) in [7, 11) is 0. The van der Waals surface area contributed by atoms with Gasteiger partial charge in [0.15, 0.2) is 0 Å². The number of nitrogens with zero attached hydrogens (tertiary/aromatic N) is 1. The van der Waals surface area contributed by atoms with E-state index in [4.69, 9.17) is 4.74 Å². The standard InChI is InChI=1S/C18H21NO2/c1-12(2)17-8-13(11-20)9-18(19-17)21-16-7-6-14-4-3-5-15(14)10-16/h6-10,12,20H,3-5,11H2,1-2H3. The van der Waals surface area contributed by atoms with Gasteiger partial charge in [0.25, 0.3) is 0 Å². The molecule has 3 rings (SSSR count). The van der Waals surface area contributed by atoms with Crippen molar-refractivity contribution < 1.29 is 9.84 Å². The largest absolute Gasteiger partial charge is 0.439 e. The van der Waals surface area contributed by atoms with Crippen LogP contribution in [0.3, 0.4) is 0 Å². The number of aliphatic hydroxyl groups is 1. The van der Waals surface area contributed by atoms with E-state index in [9.17, 15) is 5.11 Å². The van der Waals surface area contributed by atoms with Crippen molar-refractivity contribution in [2.24, 2.45) is 0 Å². The van der Waals surface area contributed by atoms with Crippen LogP contribution in [0.2, 0.25) is 0 Å². The number of hydrogen-bond acceptors (Lipinski definition) is 3. The van der Waals surface area contributed by atoms with Gasteiger partial charge in [-0.25, -0.2) is 4.98 Å². The first-order chi connectivity index (χ1) is 10.2. The van der Waals surface area contributed by atoms with Crippen LogP contribution in [0, 0.1) is 0 Å². The minimum Gasteiger partial charge on any atom is -0.439 e. The van der Waals surface area contributed by atoms with E-state index in [1.807, 2.05) is 12.1 Å². The van der Waals surface area contributed by atoms with Gasteiger partial charge >= 0.3 is 0 Å². The zero-order valence-electron chi connectivity index (χ0n) is 12.6. The lowest BCUT2D eigenvalue weighted by Crippen LogP contribution is -1.99. The summed E-state index contributed by atoms with van der Waals surface area (Å²) in [6.07, 6.45) is 3.54. The van der Waals surface area contributed by atoms with E-state index in [2.05, 4.69) is 31.0 Å². The molecule has 1 aromatic heterocycles. The molecule has 3 heteroatoms. The summed E-state index contributed by atoms with van der Waals surface area (Å²) < 4.78 is 5.91. The third-order valence-corrected chi connectivity index (χ3v) is 3.95. The Morgan fingerprint density at radius 2 is 1.95 bits per heavy atom. The van der Waals surface area contributed by atoms with Gasteiger partial charge in [0, 0.05) is 11.8 Å². The monoisotopic (exact) mass is 283 g/mol. The van der Waals surface area contributed by atoms with Crippen molar-refractivity contribution in [1.82, 2.24) is 4.98 Å². The van der Waals surface area contributed by atoms with Gasteiger partial charge in [-0.2, -0.15) is 0 Å². The van der Waals surface area contributed by atoms with Gasteiger partial charge < -0.3 is 9.84 Å². The topological polar surface area (TPSA) is 42.4 Å². The maximum Gasteiger partial charge on any atom is 0.219 e. The van der Waals surface area contributed by atoms with Gasteiger partial charge in [0.1, 0.15) is 5.75 Å². The average Bonchev–Trinajstić information content (AvgIpc) is 2.94. The normalized spacial score (nSPS) is 13.5. The predicted octanol–water partition coefficient (Wildman–Crippen LogP) is 3.98. The van der Waals surface area contributed by atoms with Gasteiger partial charge in [-0.15, -0.1) is 0 Å². The maximum absolute atomic E-state index is 9.38. The van der Waals surface area contributed by atoms with Crippen molar-refractivity contribution in [3.63, 3.8) is 0 Å². The SMILES string of the molecule is CC(C)c1cc(CO)cc(Oc2ccc3c(c2)CCC3)n1. The lowest BCUT2D eigenvalue weighted by molar-refractivity contribution is 0.280. The molecule has 0 amide bonds. The number of hydrogen-bond donors (Lipinski definition) is 1. The number of fused-ring (bicyclic) bond motifs is 1. The Bertz CT molecular complexity index is 650. The second-order valence-corrected chi connectivity index (χ2v) is 5.94. The molecule has 0 saturated heterocycles. The molecule has 0 bridgehead atoms. The predicted molar refractivity (Wildman–Crippen MR) is 82.8 cm³/mol. The van der Waals surface area contributed by atoms with E-state index < -0.39 is 0 Å². The maximum atomic E-state index is 9.38. The van der Waals surface area contributed by atoms with Crippen LogP contribution in [0.15, 0.2) is 30.3 Å². The van der Waals surface area contributed by atoms with Gasteiger partial charge in [-0.05, 0) is 60.1 Å². The second-order valence-electron chi connectivity index (χ2n) is 5.94. The fourth-order valence-corrected chi connectivity index (χ4v) is 2.75. The third-order valence-electron chi connectivity index (χ3n) is 3.95. The zero-order valence-corrected chi connectivity index (χ0v) is 12.6. The molecule has 0 saturated carbocycles. The number of aryl methyl sites for hydroxylation is 2. The number of rotatable bonds is 4. The van der Waals surface area contributed by atoms with Gasteiger partial charge in [0.05, 0.1) is 6.61 Å². The summed E-state index contributed by atoms with van der Waals surface area (Å²) in [4.78, 5) is 4.54. The quantitative estimate of drug-likeness (QED) is 0.923. The molecular formula is C18H21NO2. The minimum absolute atomic E-state index is 0.00277. The number of ether oxygens (including phenoxy) is 1. The highest BCUT2D eigenvalue weighted by molar-refractivity contribution is 5.40. The van der Waals surface area contributed by atoms with Crippen molar-refractivity contribution in [2.75, 3.05) is 0 Å². The number of benzene rings is 1. The zero-order chi connectivity index (χ0) is 14.8. The number of aliphatic hydroxyl groups excluding tert-OH is 1. The molecule has 3 nitrogen and oxygen atoms in total. The van der Waals surface area contributed by atoms with Crippen LogP contribution in [0.1, 0.15) is 48.6 Å². The summed E-state index contributed by atoms with van der Waals surface area (Å²) >= 11 is 0. The van der Waals surface area contributed by atoms with Gasteiger partial charge in [0.2, 0.25) is 5.88 Å². The van der Waals surface area contributed by atoms with Crippen LogP contribution in [0.5, 0.6) is 11.6 Å². The summed E-state index contributed by atoms with van der Waals surface area (Å²) in [5.41, 5.74) is 4.60. The molecular weight excluding hydrogens is 262 g/mol. The first-order valence-electron chi connectivity index (χ1n) is 7.57. The molecule has 0 fully saturated rings. The highest BCUT2D eigenvalue weighted by atomic mass is 16.5. The summed E-state index contributed by atoms with van der Waals surface area (Å²) in [6.45, 7) is 4.17. The first kappa shape index (κ1) is 14.1. The Hall–Kier alpha value is -1.87. The molecule has 2 aromatic rings.